The van der Waals surface area contributed by atoms with Gasteiger partial charge in [0.2, 0.25) is 0 Å². The van der Waals surface area contributed by atoms with Crippen LogP contribution in [-0.2, 0) is 0 Å². The molecule has 0 radical (unpaired) electrons. The normalized spacial score (nSPS) is 16.9. The third kappa shape index (κ3) is 4.70. The van der Waals surface area contributed by atoms with E-state index in [1.807, 2.05) is 36.4 Å². The minimum absolute atomic E-state index is 0.0107. The number of ether oxygens (including phenoxy) is 1. The lowest BCUT2D eigenvalue weighted by Gasteiger charge is -2.35. The molecule has 2 aliphatic rings. The fraction of sp³-hybridized carbons (Fsp3) is 0.391. The average Bonchev–Trinajstić information content (AvgIpc) is 3.58. The lowest BCUT2D eigenvalue weighted by molar-refractivity contribution is 0.0929. The minimum Gasteiger partial charge on any atom is -0.497 e. The van der Waals surface area contributed by atoms with Gasteiger partial charge in [-0.3, -0.25) is 9.59 Å². The van der Waals surface area contributed by atoms with Crippen molar-refractivity contribution < 1.29 is 14.3 Å². The predicted molar refractivity (Wildman–Crippen MR) is 113 cm³/mol. The zero-order chi connectivity index (χ0) is 20.2. The molecule has 2 amide bonds. The highest BCUT2D eigenvalue weighted by molar-refractivity contribution is 6.00. The van der Waals surface area contributed by atoms with Crippen LogP contribution in [0, 0.1) is 0 Å². The minimum atomic E-state index is -0.0773. The lowest BCUT2D eigenvalue weighted by atomic mass is 10.0. The number of methoxy groups -OCH3 is 1. The van der Waals surface area contributed by atoms with Gasteiger partial charge in [-0.2, -0.15) is 0 Å². The third-order valence-corrected chi connectivity index (χ3v) is 5.56. The smallest absolute Gasteiger partial charge is 0.253 e. The van der Waals surface area contributed by atoms with Gasteiger partial charge in [0, 0.05) is 36.4 Å². The van der Waals surface area contributed by atoms with E-state index >= 15 is 0 Å². The summed E-state index contributed by atoms with van der Waals surface area (Å²) in [6, 6.07) is 15.4. The Labute approximate surface area is 171 Å². The van der Waals surface area contributed by atoms with E-state index in [1.165, 1.54) is 0 Å². The molecule has 2 aromatic carbocycles. The maximum absolute atomic E-state index is 12.6. The summed E-state index contributed by atoms with van der Waals surface area (Å²) in [5.41, 5.74) is 2.32. The van der Waals surface area contributed by atoms with Crippen LogP contribution < -0.4 is 20.3 Å². The van der Waals surface area contributed by atoms with Crippen molar-refractivity contribution in [2.75, 3.05) is 25.1 Å². The van der Waals surface area contributed by atoms with Gasteiger partial charge in [0.05, 0.1) is 12.7 Å². The second kappa shape index (κ2) is 8.55. The highest BCUT2D eigenvalue weighted by atomic mass is 16.5. The number of nitrogens with zero attached hydrogens (tertiary/aromatic N) is 1. The van der Waals surface area contributed by atoms with Crippen LogP contribution in [0.25, 0.3) is 0 Å². The van der Waals surface area contributed by atoms with Gasteiger partial charge in [0.15, 0.2) is 0 Å². The van der Waals surface area contributed by atoms with E-state index in [2.05, 4.69) is 15.5 Å². The maximum Gasteiger partial charge on any atom is 0.253 e. The number of amides is 2. The molecule has 0 unspecified atom stereocenters. The molecular weight excluding hydrogens is 366 g/mol. The van der Waals surface area contributed by atoms with E-state index in [9.17, 15) is 9.59 Å². The summed E-state index contributed by atoms with van der Waals surface area (Å²) in [6.07, 6.45) is 3.83. The van der Waals surface area contributed by atoms with E-state index < -0.39 is 0 Å². The van der Waals surface area contributed by atoms with E-state index in [4.69, 9.17) is 4.74 Å². The number of anilines is 1. The van der Waals surface area contributed by atoms with Crippen LogP contribution in [0.2, 0.25) is 0 Å². The molecule has 0 bridgehead atoms. The highest BCUT2D eigenvalue weighted by Crippen LogP contribution is 2.26. The van der Waals surface area contributed by atoms with Crippen molar-refractivity contribution in [2.45, 2.75) is 37.8 Å². The van der Waals surface area contributed by atoms with Crippen LogP contribution in [0.5, 0.6) is 5.75 Å². The molecule has 29 heavy (non-hydrogen) atoms. The summed E-state index contributed by atoms with van der Waals surface area (Å²) < 4.78 is 5.20. The Balaban J connectivity index is 1.36. The third-order valence-electron chi connectivity index (χ3n) is 5.56. The first-order chi connectivity index (χ1) is 14.1. The summed E-state index contributed by atoms with van der Waals surface area (Å²) >= 11 is 0. The van der Waals surface area contributed by atoms with Crippen molar-refractivity contribution in [2.24, 2.45) is 0 Å². The van der Waals surface area contributed by atoms with Crippen LogP contribution >= 0.6 is 0 Å². The number of rotatable bonds is 6. The Morgan fingerprint density at radius 2 is 1.59 bits per heavy atom. The summed E-state index contributed by atoms with van der Waals surface area (Å²) in [5, 5.41) is 6.21. The number of carbonyl (C=O) groups is 2. The Kier molecular flexibility index (Phi) is 5.69. The van der Waals surface area contributed by atoms with Crippen LogP contribution in [-0.4, -0.2) is 44.1 Å². The molecule has 1 saturated carbocycles. The molecule has 2 aromatic rings. The molecule has 1 heterocycles. The summed E-state index contributed by atoms with van der Waals surface area (Å²) in [6.45, 7) is 1.60. The molecule has 6 heteroatoms. The molecular formula is C23H27N3O3. The number of benzene rings is 2. The van der Waals surface area contributed by atoms with Crippen molar-refractivity contribution in [1.29, 1.82) is 0 Å². The molecule has 2 fully saturated rings. The zero-order valence-electron chi connectivity index (χ0n) is 16.7. The first kappa shape index (κ1) is 19.3. The van der Waals surface area contributed by atoms with Gasteiger partial charge < -0.3 is 20.3 Å². The summed E-state index contributed by atoms with van der Waals surface area (Å²) in [7, 11) is 1.59. The van der Waals surface area contributed by atoms with Gasteiger partial charge in [0.1, 0.15) is 5.75 Å². The number of hydrogen-bond acceptors (Lipinski definition) is 4. The van der Waals surface area contributed by atoms with E-state index in [1.54, 1.807) is 19.2 Å². The summed E-state index contributed by atoms with van der Waals surface area (Å²) in [4.78, 5) is 27.4. The second-order valence-corrected chi connectivity index (χ2v) is 7.73. The molecule has 0 aromatic heterocycles. The number of piperidine rings is 1. The topological polar surface area (TPSA) is 70.7 Å². The van der Waals surface area contributed by atoms with Gasteiger partial charge in [-0.1, -0.05) is 18.2 Å². The Hall–Kier alpha value is -3.02. The molecule has 0 atom stereocenters. The standard InChI is InChI=1S/C23H27N3O3/c1-29-19-6-4-5-16(15-19)22(27)24-18-11-13-26(14-12-18)21-8-3-2-7-20(21)23(28)25-17-9-10-17/h2-8,15,17-18H,9-14H2,1H3,(H,24,27)(H,25,28). The van der Waals surface area contributed by atoms with Crippen LogP contribution in [0.4, 0.5) is 5.69 Å². The van der Waals surface area contributed by atoms with Crippen molar-refractivity contribution in [3.8, 4) is 5.75 Å². The highest BCUT2D eigenvalue weighted by Gasteiger charge is 2.27. The lowest BCUT2D eigenvalue weighted by Crippen LogP contribution is -2.45. The Morgan fingerprint density at radius 3 is 2.31 bits per heavy atom. The molecule has 4 rings (SSSR count). The van der Waals surface area contributed by atoms with Gasteiger partial charge in [0.25, 0.3) is 11.8 Å². The number of para-hydroxylation sites is 1. The zero-order valence-corrected chi connectivity index (χ0v) is 16.7. The van der Waals surface area contributed by atoms with Crippen molar-refractivity contribution in [3.05, 3.63) is 59.7 Å². The molecule has 6 nitrogen and oxygen atoms in total. The largest absolute Gasteiger partial charge is 0.497 e. The van der Waals surface area contributed by atoms with E-state index in [0.717, 1.165) is 50.0 Å². The average molecular weight is 393 g/mol. The molecule has 2 N–H and O–H groups in total. The fourth-order valence-electron chi connectivity index (χ4n) is 3.73. The first-order valence-electron chi connectivity index (χ1n) is 10.2. The fourth-order valence-corrected chi connectivity index (χ4v) is 3.73. The van der Waals surface area contributed by atoms with Crippen molar-refractivity contribution >= 4 is 17.5 Å². The van der Waals surface area contributed by atoms with E-state index in [0.29, 0.717) is 17.4 Å². The van der Waals surface area contributed by atoms with Gasteiger partial charge >= 0.3 is 0 Å². The first-order valence-corrected chi connectivity index (χ1v) is 10.2. The monoisotopic (exact) mass is 393 g/mol. The van der Waals surface area contributed by atoms with Crippen LogP contribution in [0.15, 0.2) is 48.5 Å². The molecule has 1 saturated heterocycles. The van der Waals surface area contributed by atoms with Gasteiger partial charge in [-0.05, 0) is 56.0 Å². The maximum atomic E-state index is 12.6. The Morgan fingerprint density at radius 1 is 0.897 bits per heavy atom. The van der Waals surface area contributed by atoms with Crippen molar-refractivity contribution in [1.82, 2.24) is 10.6 Å². The Bertz CT molecular complexity index is 886. The molecule has 152 valence electrons. The number of carbonyl (C=O) groups excluding carboxylic acids is 2. The van der Waals surface area contributed by atoms with Gasteiger partial charge in [-0.25, -0.2) is 0 Å². The predicted octanol–water partition coefficient (Wildman–Crippen LogP) is 2.99. The van der Waals surface area contributed by atoms with Crippen LogP contribution in [0.1, 0.15) is 46.4 Å². The van der Waals surface area contributed by atoms with E-state index in [-0.39, 0.29) is 17.9 Å². The number of nitrogens with one attached hydrogen (secondary N) is 2. The van der Waals surface area contributed by atoms with Crippen molar-refractivity contribution in [3.63, 3.8) is 0 Å². The second-order valence-electron chi connectivity index (χ2n) is 7.73. The quantitative estimate of drug-likeness (QED) is 0.792. The van der Waals surface area contributed by atoms with Crippen LogP contribution in [0.3, 0.4) is 0 Å². The molecule has 0 spiro atoms. The van der Waals surface area contributed by atoms with Gasteiger partial charge in [-0.15, -0.1) is 0 Å². The SMILES string of the molecule is COc1cccc(C(=O)NC2CCN(c3ccccc3C(=O)NC3CC3)CC2)c1. The number of hydrogen-bond donors (Lipinski definition) is 2. The molecule has 1 aliphatic heterocycles. The summed E-state index contributed by atoms with van der Waals surface area (Å²) in [5.74, 6) is 0.608. The molecule has 1 aliphatic carbocycles.